The first-order valence-corrected chi connectivity index (χ1v) is 7.07. The molecule has 2 aromatic carbocycles. The Balaban J connectivity index is 2.00. The van der Waals surface area contributed by atoms with Gasteiger partial charge in [-0.15, -0.1) is 0 Å². The van der Waals surface area contributed by atoms with Gasteiger partial charge in [0.25, 0.3) is 5.92 Å². The highest BCUT2D eigenvalue weighted by Gasteiger charge is 2.47. The van der Waals surface area contributed by atoms with Gasteiger partial charge in [-0.1, -0.05) is 54.6 Å². The molecule has 0 saturated carbocycles. The minimum Gasteiger partial charge on any atom is -0.302 e. The van der Waals surface area contributed by atoms with Crippen LogP contribution < -0.4 is 0 Å². The molecule has 0 amide bonds. The van der Waals surface area contributed by atoms with E-state index in [1.165, 1.54) is 0 Å². The summed E-state index contributed by atoms with van der Waals surface area (Å²) in [5, 5.41) is 0. The van der Waals surface area contributed by atoms with E-state index >= 15 is 0 Å². The Labute approximate surface area is 122 Å². The van der Waals surface area contributed by atoms with Gasteiger partial charge >= 0.3 is 0 Å². The van der Waals surface area contributed by atoms with Gasteiger partial charge in [0.2, 0.25) is 0 Å². The van der Waals surface area contributed by atoms with E-state index in [9.17, 15) is 13.6 Å². The zero-order valence-corrected chi connectivity index (χ0v) is 11.5. The van der Waals surface area contributed by atoms with Crippen molar-refractivity contribution < 1.29 is 13.6 Å². The number of fused-ring (bicyclic) bond motifs is 1. The van der Waals surface area contributed by atoms with Gasteiger partial charge in [-0.2, -0.15) is 0 Å². The molecule has 0 saturated heterocycles. The Bertz CT molecular complexity index is 637. The van der Waals surface area contributed by atoms with Gasteiger partial charge in [0.1, 0.15) is 12.2 Å². The standard InChI is InChI=1S/C18H16F2O/c19-18(20)11-14(10-13-6-2-1-3-7-13)15-8-4-5-9-16(15)17(18)12-21/h1-9,12,14,17H,10-11H2. The predicted molar refractivity (Wildman–Crippen MR) is 77.7 cm³/mol. The molecule has 3 heteroatoms. The van der Waals surface area contributed by atoms with Crippen LogP contribution in [0.5, 0.6) is 0 Å². The fourth-order valence-corrected chi connectivity index (χ4v) is 3.21. The van der Waals surface area contributed by atoms with Gasteiger partial charge in [0.05, 0.1) is 0 Å². The molecule has 2 aromatic rings. The van der Waals surface area contributed by atoms with E-state index in [4.69, 9.17) is 0 Å². The lowest BCUT2D eigenvalue weighted by molar-refractivity contribution is -0.120. The molecule has 1 aliphatic rings. The number of aldehydes is 1. The third-order valence-corrected chi connectivity index (χ3v) is 4.21. The van der Waals surface area contributed by atoms with Crippen LogP contribution in [-0.4, -0.2) is 12.2 Å². The molecular formula is C18H16F2O. The topological polar surface area (TPSA) is 17.1 Å². The molecule has 0 fully saturated rings. The molecule has 2 unspecified atom stereocenters. The zero-order chi connectivity index (χ0) is 14.9. The Hall–Kier alpha value is -2.03. The molecule has 0 spiro atoms. The summed E-state index contributed by atoms with van der Waals surface area (Å²) < 4.78 is 28.5. The highest BCUT2D eigenvalue weighted by Crippen LogP contribution is 2.48. The third kappa shape index (κ3) is 2.60. The fourth-order valence-electron chi connectivity index (χ4n) is 3.21. The highest BCUT2D eigenvalue weighted by molar-refractivity contribution is 5.66. The summed E-state index contributed by atoms with van der Waals surface area (Å²) in [5.74, 6) is -4.55. The van der Waals surface area contributed by atoms with Crippen molar-refractivity contribution in [2.24, 2.45) is 0 Å². The molecule has 0 radical (unpaired) electrons. The second kappa shape index (κ2) is 5.40. The average Bonchev–Trinajstić information content (AvgIpc) is 2.48. The Kier molecular flexibility index (Phi) is 3.58. The van der Waals surface area contributed by atoms with Gasteiger partial charge in [0, 0.05) is 6.42 Å². The fraction of sp³-hybridized carbons (Fsp3) is 0.278. The Morgan fingerprint density at radius 2 is 1.62 bits per heavy atom. The smallest absolute Gasteiger partial charge is 0.262 e. The van der Waals surface area contributed by atoms with Gasteiger partial charge < -0.3 is 4.79 Å². The summed E-state index contributed by atoms with van der Waals surface area (Å²) >= 11 is 0. The zero-order valence-electron chi connectivity index (χ0n) is 11.5. The summed E-state index contributed by atoms with van der Waals surface area (Å²) in [6.07, 6.45) is 0.679. The number of hydrogen-bond donors (Lipinski definition) is 0. The van der Waals surface area contributed by atoms with Gasteiger partial charge in [-0.25, -0.2) is 8.78 Å². The lowest BCUT2D eigenvalue weighted by atomic mass is 9.73. The van der Waals surface area contributed by atoms with Crippen molar-refractivity contribution in [2.75, 3.05) is 0 Å². The molecule has 108 valence electrons. The maximum Gasteiger partial charge on any atom is 0.262 e. The molecule has 1 aliphatic carbocycles. The molecule has 0 aromatic heterocycles. The lowest BCUT2D eigenvalue weighted by Gasteiger charge is -2.35. The van der Waals surface area contributed by atoms with Crippen LogP contribution in [0.15, 0.2) is 54.6 Å². The van der Waals surface area contributed by atoms with Crippen LogP contribution in [-0.2, 0) is 11.2 Å². The van der Waals surface area contributed by atoms with Crippen molar-refractivity contribution in [3.8, 4) is 0 Å². The highest BCUT2D eigenvalue weighted by atomic mass is 19.3. The van der Waals surface area contributed by atoms with Crippen LogP contribution >= 0.6 is 0 Å². The first-order valence-electron chi connectivity index (χ1n) is 7.07. The van der Waals surface area contributed by atoms with Crippen LogP contribution in [0, 0.1) is 0 Å². The third-order valence-electron chi connectivity index (χ3n) is 4.21. The number of halogens is 2. The summed E-state index contributed by atoms with van der Waals surface area (Å²) in [4.78, 5) is 11.1. The quantitative estimate of drug-likeness (QED) is 0.767. The first-order chi connectivity index (χ1) is 10.1. The number of rotatable bonds is 3. The maximum atomic E-state index is 14.3. The van der Waals surface area contributed by atoms with Crippen LogP contribution in [0.2, 0.25) is 0 Å². The van der Waals surface area contributed by atoms with E-state index in [2.05, 4.69) is 0 Å². The Morgan fingerprint density at radius 1 is 1.00 bits per heavy atom. The van der Waals surface area contributed by atoms with Gasteiger partial charge in [-0.3, -0.25) is 0 Å². The van der Waals surface area contributed by atoms with Crippen LogP contribution in [0.3, 0.4) is 0 Å². The van der Waals surface area contributed by atoms with E-state index in [-0.39, 0.29) is 12.3 Å². The van der Waals surface area contributed by atoms with Gasteiger partial charge in [-0.05, 0) is 29.0 Å². The number of alkyl halides is 2. The number of carbonyl (C=O) groups excluding carboxylic acids is 1. The molecule has 3 rings (SSSR count). The molecule has 0 bridgehead atoms. The monoisotopic (exact) mass is 286 g/mol. The van der Waals surface area contributed by atoms with Crippen molar-refractivity contribution in [1.82, 2.24) is 0 Å². The Morgan fingerprint density at radius 3 is 2.29 bits per heavy atom. The normalized spacial score (nSPS) is 23.3. The largest absolute Gasteiger partial charge is 0.302 e. The number of hydrogen-bond acceptors (Lipinski definition) is 1. The molecule has 2 atom stereocenters. The first kappa shape index (κ1) is 13.9. The van der Waals surface area contributed by atoms with Crippen LogP contribution in [0.4, 0.5) is 8.78 Å². The van der Waals surface area contributed by atoms with E-state index in [1.807, 2.05) is 42.5 Å². The van der Waals surface area contributed by atoms with Crippen molar-refractivity contribution >= 4 is 6.29 Å². The summed E-state index contributed by atoms with van der Waals surface area (Å²) in [7, 11) is 0. The SMILES string of the molecule is O=CC1c2ccccc2C(Cc2ccccc2)CC1(F)F. The van der Waals surface area contributed by atoms with Crippen molar-refractivity contribution in [2.45, 2.75) is 30.6 Å². The minimum atomic E-state index is -2.98. The summed E-state index contributed by atoms with van der Waals surface area (Å²) in [6, 6.07) is 16.7. The lowest BCUT2D eigenvalue weighted by Crippen LogP contribution is -2.35. The van der Waals surface area contributed by atoms with Crippen molar-refractivity contribution in [3.05, 3.63) is 71.3 Å². The molecule has 0 aliphatic heterocycles. The maximum absolute atomic E-state index is 14.3. The minimum absolute atomic E-state index is 0.255. The summed E-state index contributed by atoms with van der Waals surface area (Å²) in [5.41, 5.74) is 2.40. The van der Waals surface area contributed by atoms with E-state index in [0.29, 0.717) is 18.3 Å². The molecule has 0 heterocycles. The summed E-state index contributed by atoms with van der Waals surface area (Å²) in [6.45, 7) is 0. The second-order valence-corrected chi connectivity index (χ2v) is 5.59. The van der Waals surface area contributed by atoms with Crippen molar-refractivity contribution in [3.63, 3.8) is 0 Å². The van der Waals surface area contributed by atoms with Crippen LogP contribution in [0.25, 0.3) is 0 Å². The predicted octanol–water partition coefficient (Wildman–Crippen LogP) is 4.33. The molecule has 21 heavy (non-hydrogen) atoms. The molecule has 0 N–H and O–H groups in total. The number of benzene rings is 2. The van der Waals surface area contributed by atoms with E-state index in [1.54, 1.807) is 12.1 Å². The molecule has 1 nitrogen and oxygen atoms in total. The van der Waals surface area contributed by atoms with E-state index in [0.717, 1.165) is 11.1 Å². The molecular weight excluding hydrogens is 270 g/mol. The van der Waals surface area contributed by atoms with E-state index < -0.39 is 11.8 Å². The van der Waals surface area contributed by atoms with Gasteiger partial charge in [0.15, 0.2) is 0 Å². The average molecular weight is 286 g/mol. The van der Waals surface area contributed by atoms with Crippen molar-refractivity contribution in [1.29, 1.82) is 0 Å². The van der Waals surface area contributed by atoms with Crippen LogP contribution in [0.1, 0.15) is 34.9 Å². The number of carbonyl (C=O) groups is 1. The second-order valence-electron chi connectivity index (χ2n) is 5.59.